The lowest BCUT2D eigenvalue weighted by atomic mass is 10.1. The van der Waals surface area contributed by atoms with Crippen molar-refractivity contribution in [1.29, 1.82) is 0 Å². The van der Waals surface area contributed by atoms with E-state index in [4.69, 9.17) is 28.3 Å². The summed E-state index contributed by atoms with van der Waals surface area (Å²) in [6, 6.07) is 2.91. The van der Waals surface area contributed by atoms with Crippen LogP contribution in [0.4, 0.5) is 0 Å². The van der Waals surface area contributed by atoms with E-state index >= 15 is 0 Å². The van der Waals surface area contributed by atoms with Gasteiger partial charge in [0.25, 0.3) is 0 Å². The van der Waals surface area contributed by atoms with Crippen LogP contribution in [0.5, 0.6) is 0 Å². The van der Waals surface area contributed by atoms with E-state index in [0.717, 1.165) is 0 Å². The fourth-order valence-electron chi connectivity index (χ4n) is 0.885. The molecular formula is C8H5BrCl2O2. The Bertz CT molecular complexity index is 352. The van der Waals surface area contributed by atoms with Gasteiger partial charge in [-0.2, -0.15) is 0 Å². The van der Waals surface area contributed by atoms with Gasteiger partial charge < -0.3 is 5.11 Å². The highest BCUT2D eigenvalue weighted by atomic mass is 79.9. The van der Waals surface area contributed by atoms with Gasteiger partial charge in [0.1, 0.15) is 0 Å². The Labute approximate surface area is 93.6 Å². The van der Waals surface area contributed by atoms with Gasteiger partial charge in [-0.25, -0.2) is 4.79 Å². The van der Waals surface area contributed by atoms with Crippen molar-refractivity contribution in [2.45, 2.75) is 5.33 Å². The molecule has 0 aliphatic carbocycles. The molecule has 0 heterocycles. The molecule has 0 saturated carbocycles. The van der Waals surface area contributed by atoms with E-state index < -0.39 is 5.97 Å². The van der Waals surface area contributed by atoms with E-state index in [1.807, 2.05) is 0 Å². The van der Waals surface area contributed by atoms with Crippen LogP contribution < -0.4 is 0 Å². The zero-order valence-corrected chi connectivity index (χ0v) is 9.45. The Morgan fingerprint density at radius 2 is 2.08 bits per heavy atom. The Morgan fingerprint density at radius 3 is 2.54 bits per heavy atom. The van der Waals surface area contributed by atoms with Gasteiger partial charge in [-0.05, 0) is 12.1 Å². The molecule has 5 heteroatoms. The number of alkyl halides is 1. The predicted octanol–water partition coefficient (Wildman–Crippen LogP) is 3.59. The summed E-state index contributed by atoms with van der Waals surface area (Å²) in [7, 11) is 0. The van der Waals surface area contributed by atoms with Crippen LogP contribution >= 0.6 is 39.1 Å². The number of aromatic carboxylic acids is 1. The minimum atomic E-state index is -1.05. The standard InChI is InChI=1S/C8H5BrCl2O2/c9-3-5-6(10)2-1-4(7(5)11)8(12)13/h1-2H,3H2,(H,12,13). The highest BCUT2D eigenvalue weighted by Crippen LogP contribution is 2.29. The quantitative estimate of drug-likeness (QED) is 0.843. The lowest BCUT2D eigenvalue weighted by molar-refractivity contribution is 0.0697. The van der Waals surface area contributed by atoms with Gasteiger partial charge in [-0.3, -0.25) is 0 Å². The Kier molecular flexibility index (Phi) is 3.59. The molecule has 1 N–H and O–H groups in total. The van der Waals surface area contributed by atoms with Crippen LogP contribution in [-0.2, 0) is 5.33 Å². The summed E-state index contributed by atoms with van der Waals surface area (Å²) in [5.74, 6) is -1.05. The number of hydrogen-bond donors (Lipinski definition) is 1. The lowest BCUT2D eigenvalue weighted by Gasteiger charge is -2.05. The third-order valence-corrected chi connectivity index (χ3v) is 2.90. The van der Waals surface area contributed by atoms with Crippen molar-refractivity contribution in [1.82, 2.24) is 0 Å². The molecule has 0 aromatic heterocycles. The van der Waals surface area contributed by atoms with Gasteiger partial charge in [-0.1, -0.05) is 39.1 Å². The van der Waals surface area contributed by atoms with E-state index in [-0.39, 0.29) is 10.6 Å². The fraction of sp³-hybridized carbons (Fsp3) is 0.125. The Balaban J connectivity index is 3.35. The normalized spacial score (nSPS) is 10.1. The van der Waals surface area contributed by atoms with Crippen LogP contribution in [0.3, 0.4) is 0 Å². The lowest BCUT2D eigenvalue weighted by Crippen LogP contribution is -1.99. The first-order chi connectivity index (χ1) is 6.07. The maximum absolute atomic E-state index is 10.7. The van der Waals surface area contributed by atoms with Crippen molar-refractivity contribution in [3.63, 3.8) is 0 Å². The van der Waals surface area contributed by atoms with Crippen molar-refractivity contribution in [2.75, 3.05) is 0 Å². The molecule has 0 fully saturated rings. The summed E-state index contributed by atoms with van der Waals surface area (Å²) in [6.07, 6.45) is 0. The topological polar surface area (TPSA) is 37.3 Å². The molecule has 0 aliphatic heterocycles. The summed E-state index contributed by atoms with van der Waals surface area (Å²) in [5.41, 5.74) is 0.670. The fourth-order valence-corrected chi connectivity index (χ4v) is 2.38. The molecule has 0 aliphatic rings. The Morgan fingerprint density at radius 1 is 1.46 bits per heavy atom. The van der Waals surface area contributed by atoms with Crippen molar-refractivity contribution >= 4 is 45.1 Å². The number of carboxylic acid groups (broad SMARTS) is 1. The molecular weight excluding hydrogens is 279 g/mol. The molecule has 2 nitrogen and oxygen atoms in total. The summed E-state index contributed by atoms with van der Waals surface area (Å²) in [4.78, 5) is 10.7. The smallest absolute Gasteiger partial charge is 0.337 e. The van der Waals surface area contributed by atoms with Crippen LogP contribution in [0.25, 0.3) is 0 Å². The van der Waals surface area contributed by atoms with E-state index in [0.29, 0.717) is 15.9 Å². The van der Waals surface area contributed by atoms with Gasteiger partial charge in [0, 0.05) is 15.9 Å². The molecule has 0 radical (unpaired) electrons. The molecule has 13 heavy (non-hydrogen) atoms. The second kappa shape index (κ2) is 4.31. The van der Waals surface area contributed by atoms with Crippen molar-refractivity contribution in [3.8, 4) is 0 Å². The average Bonchev–Trinajstić information content (AvgIpc) is 2.04. The highest BCUT2D eigenvalue weighted by Gasteiger charge is 2.13. The van der Waals surface area contributed by atoms with Gasteiger partial charge >= 0.3 is 5.97 Å². The zero-order chi connectivity index (χ0) is 10.0. The number of carboxylic acids is 1. The van der Waals surface area contributed by atoms with Gasteiger partial charge in [0.15, 0.2) is 0 Å². The molecule has 0 unspecified atom stereocenters. The SMILES string of the molecule is O=C(O)c1ccc(Cl)c(CBr)c1Cl. The molecule has 1 aromatic rings. The first-order valence-electron chi connectivity index (χ1n) is 3.34. The van der Waals surface area contributed by atoms with Crippen LogP contribution in [-0.4, -0.2) is 11.1 Å². The third-order valence-electron chi connectivity index (χ3n) is 1.55. The molecule has 0 amide bonds. The molecule has 0 saturated heterocycles. The first-order valence-corrected chi connectivity index (χ1v) is 5.21. The average molecular weight is 284 g/mol. The van der Waals surface area contributed by atoms with E-state index in [1.54, 1.807) is 0 Å². The van der Waals surface area contributed by atoms with E-state index in [9.17, 15) is 4.79 Å². The van der Waals surface area contributed by atoms with Gasteiger partial charge in [-0.15, -0.1) is 0 Å². The number of rotatable bonds is 2. The maximum Gasteiger partial charge on any atom is 0.337 e. The summed E-state index contributed by atoms with van der Waals surface area (Å²) in [5, 5.41) is 9.83. The Hall–Kier alpha value is -0.250. The minimum Gasteiger partial charge on any atom is -0.478 e. The van der Waals surface area contributed by atoms with E-state index in [2.05, 4.69) is 15.9 Å². The van der Waals surface area contributed by atoms with E-state index in [1.165, 1.54) is 12.1 Å². The minimum absolute atomic E-state index is 0.0699. The predicted molar refractivity (Wildman–Crippen MR) is 56.1 cm³/mol. The van der Waals surface area contributed by atoms with Crippen LogP contribution in [0.15, 0.2) is 12.1 Å². The highest BCUT2D eigenvalue weighted by molar-refractivity contribution is 9.08. The molecule has 70 valence electrons. The third kappa shape index (κ3) is 2.16. The van der Waals surface area contributed by atoms with Crippen LogP contribution in [0.1, 0.15) is 15.9 Å². The first kappa shape index (κ1) is 10.8. The van der Waals surface area contributed by atoms with Crippen molar-refractivity contribution in [2.24, 2.45) is 0 Å². The maximum atomic E-state index is 10.7. The number of benzene rings is 1. The number of halogens is 3. The summed E-state index contributed by atoms with van der Waals surface area (Å²) < 4.78 is 0. The molecule has 0 bridgehead atoms. The number of hydrogen-bond acceptors (Lipinski definition) is 1. The molecule has 1 aromatic carbocycles. The molecule has 0 atom stereocenters. The monoisotopic (exact) mass is 282 g/mol. The zero-order valence-electron chi connectivity index (χ0n) is 6.35. The van der Waals surface area contributed by atoms with Gasteiger partial charge in [0.2, 0.25) is 0 Å². The second-order valence-electron chi connectivity index (χ2n) is 2.33. The number of carbonyl (C=O) groups is 1. The summed E-state index contributed by atoms with van der Waals surface area (Å²) in [6.45, 7) is 0. The van der Waals surface area contributed by atoms with Gasteiger partial charge in [0.05, 0.1) is 10.6 Å². The van der Waals surface area contributed by atoms with Crippen molar-refractivity contribution < 1.29 is 9.90 Å². The molecule has 1 rings (SSSR count). The molecule has 0 spiro atoms. The second-order valence-corrected chi connectivity index (χ2v) is 3.67. The summed E-state index contributed by atoms with van der Waals surface area (Å²) >= 11 is 14.8. The van der Waals surface area contributed by atoms with Crippen LogP contribution in [0.2, 0.25) is 10.0 Å². The largest absolute Gasteiger partial charge is 0.478 e. The van der Waals surface area contributed by atoms with Crippen LogP contribution in [0, 0.1) is 0 Å². The van der Waals surface area contributed by atoms with Crippen molar-refractivity contribution in [3.05, 3.63) is 33.3 Å².